The molecule has 0 aliphatic carbocycles. The van der Waals surface area contributed by atoms with E-state index in [1.807, 2.05) is 0 Å². The monoisotopic (exact) mass is 301 g/mol. The molecule has 0 aliphatic heterocycles. The van der Waals surface area contributed by atoms with Crippen LogP contribution >= 0.6 is 15.9 Å². The lowest BCUT2D eigenvalue weighted by Gasteiger charge is -2.13. The highest BCUT2D eigenvalue weighted by Gasteiger charge is 2.18. The SMILES string of the molecule is CCOC(=O)C(N)Cc1cc(Br)cc(C)c1O. The second-order valence-corrected chi connectivity index (χ2v) is 4.71. The van der Waals surface area contributed by atoms with Crippen LogP contribution in [-0.2, 0) is 16.0 Å². The van der Waals surface area contributed by atoms with E-state index < -0.39 is 12.0 Å². The number of hydrogen-bond donors (Lipinski definition) is 2. The Morgan fingerprint density at radius 1 is 1.59 bits per heavy atom. The number of esters is 1. The smallest absolute Gasteiger partial charge is 0.323 e. The molecular weight excluding hydrogens is 286 g/mol. The summed E-state index contributed by atoms with van der Waals surface area (Å²) in [6, 6.07) is 2.80. The van der Waals surface area contributed by atoms with E-state index in [0.717, 1.165) is 10.0 Å². The lowest BCUT2D eigenvalue weighted by atomic mass is 10.0. The Kier molecular flexibility index (Phi) is 4.96. The topological polar surface area (TPSA) is 72.5 Å². The number of rotatable bonds is 4. The summed E-state index contributed by atoms with van der Waals surface area (Å²) >= 11 is 3.34. The maximum absolute atomic E-state index is 11.4. The zero-order chi connectivity index (χ0) is 13.0. The summed E-state index contributed by atoms with van der Waals surface area (Å²) in [4.78, 5) is 11.4. The van der Waals surface area contributed by atoms with Crippen LogP contribution in [0.2, 0.25) is 0 Å². The summed E-state index contributed by atoms with van der Waals surface area (Å²) in [7, 11) is 0. The molecule has 17 heavy (non-hydrogen) atoms. The van der Waals surface area contributed by atoms with Gasteiger partial charge < -0.3 is 15.6 Å². The molecule has 3 N–H and O–H groups in total. The third-order valence-corrected chi connectivity index (χ3v) is 2.83. The molecule has 1 unspecified atom stereocenters. The zero-order valence-electron chi connectivity index (χ0n) is 9.87. The molecular formula is C12H16BrNO3. The second-order valence-electron chi connectivity index (χ2n) is 3.79. The van der Waals surface area contributed by atoms with Gasteiger partial charge in [-0.2, -0.15) is 0 Å². The molecule has 0 spiro atoms. The molecule has 1 rings (SSSR count). The Bertz CT molecular complexity index is 420. The van der Waals surface area contributed by atoms with Crippen molar-refractivity contribution in [1.82, 2.24) is 0 Å². The second kappa shape index (κ2) is 6.02. The Morgan fingerprint density at radius 3 is 2.82 bits per heavy atom. The number of carbonyl (C=O) groups excluding carboxylic acids is 1. The number of nitrogens with two attached hydrogens (primary N) is 1. The normalized spacial score (nSPS) is 12.2. The van der Waals surface area contributed by atoms with Gasteiger partial charge in [0.05, 0.1) is 6.61 Å². The molecule has 0 bridgehead atoms. The van der Waals surface area contributed by atoms with E-state index in [4.69, 9.17) is 10.5 Å². The molecule has 94 valence electrons. The van der Waals surface area contributed by atoms with Gasteiger partial charge in [-0.15, -0.1) is 0 Å². The number of aryl methyl sites for hydroxylation is 1. The van der Waals surface area contributed by atoms with Gasteiger partial charge in [0.25, 0.3) is 0 Å². The number of halogens is 1. The lowest BCUT2D eigenvalue weighted by molar-refractivity contribution is -0.144. The van der Waals surface area contributed by atoms with Gasteiger partial charge in [0, 0.05) is 10.9 Å². The average Bonchev–Trinajstić information content (AvgIpc) is 2.25. The molecule has 0 saturated heterocycles. The molecule has 0 amide bonds. The summed E-state index contributed by atoms with van der Waals surface area (Å²) in [6.45, 7) is 3.82. The van der Waals surface area contributed by atoms with Crippen molar-refractivity contribution in [2.45, 2.75) is 26.3 Å². The first-order valence-corrected chi connectivity index (χ1v) is 6.15. The van der Waals surface area contributed by atoms with E-state index in [-0.39, 0.29) is 12.2 Å². The molecule has 1 aromatic rings. The predicted molar refractivity (Wildman–Crippen MR) is 68.9 cm³/mol. The number of benzene rings is 1. The molecule has 0 heterocycles. The van der Waals surface area contributed by atoms with Crippen LogP contribution in [0.1, 0.15) is 18.1 Å². The van der Waals surface area contributed by atoms with Crippen molar-refractivity contribution in [2.24, 2.45) is 5.73 Å². The van der Waals surface area contributed by atoms with Gasteiger partial charge in [0.1, 0.15) is 11.8 Å². The first-order valence-electron chi connectivity index (χ1n) is 5.36. The van der Waals surface area contributed by atoms with Crippen molar-refractivity contribution in [2.75, 3.05) is 6.61 Å². The van der Waals surface area contributed by atoms with Gasteiger partial charge in [-0.25, -0.2) is 0 Å². The van der Waals surface area contributed by atoms with Crippen molar-refractivity contribution in [3.63, 3.8) is 0 Å². The van der Waals surface area contributed by atoms with Crippen LogP contribution in [0.3, 0.4) is 0 Å². The fourth-order valence-electron chi connectivity index (χ4n) is 1.53. The predicted octanol–water partition coefficient (Wildman–Crippen LogP) is 1.90. The molecule has 5 heteroatoms. The van der Waals surface area contributed by atoms with Gasteiger partial charge in [0.15, 0.2) is 0 Å². The molecule has 0 aliphatic rings. The summed E-state index contributed by atoms with van der Waals surface area (Å²) in [5.74, 6) is -0.280. The van der Waals surface area contributed by atoms with Crippen molar-refractivity contribution in [1.29, 1.82) is 0 Å². The van der Waals surface area contributed by atoms with Gasteiger partial charge >= 0.3 is 5.97 Å². The molecule has 1 aromatic carbocycles. The van der Waals surface area contributed by atoms with Crippen molar-refractivity contribution >= 4 is 21.9 Å². The highest BCUT2D eigenvalue weighted by Crippen LogP contribution is 2.27. The highest BCUT2D eigenvalue weighted by molar-refractivity contribution is 9.10. The maximum atomic E-state index is 11.4. The third kappa shape index (κ3) is 3.71. The van der Waals surface area contributed by atoms with E-state index in [2.05, 4.69) is 15.9 Å². The Labute approximate surface area is 109 Å². The van der Waals surface area contributed by atoms with Crippen LogP contribution in [0.15, 0.2) is 16.6 Å². The van der Waals surface area contributed by atoms with Crippen molar-refractivity contribution in [3.8, 4) is 5.75 Å². The van der Waals surface area contributed by atoms with Gasteiger partial charge in [-0.1, -0.05) is 15.9 Å². The van der Waals surface area contributed by atoms with Crippen molar-refractivity contribution < 1.29 is 14.6 Å². The van der Waals surface area contributed by atoms with Crippen LogP contribution in [0.4, 0.5) is 0 Å². The number of aromatic hydroxyl groups is 1. The van der Waals surface area contributed by atoms with Crippen molar-refractivity contribution in [3.05, 3.63) is 27.7 Å². The van der Waals surface area contributed by atoms with Crippen LogP contribution in [0.5, 0.6) is 5.75 Å². The van der Waals surface area contributed by atoms with E-state index in [1.165, 1.54) is 0 Å². The first kappa shape index (κ1) is 14.0. The molecule has 4 nitrogen and oxygen atoms in total. The number of carbonyl (C=O) groups is 1. The Morgan fingerprint density at radius 2 is 2.24 bits per heavy atom. The molecule has 1 atom stereocenters. The third-order valence-electron chi connectivity index (χ3n) is 2.37. The van der Waals surface area contributed by atoms with E-state index >= 15 is 0 Å². The summed E-state index contributed by atoms with van der Waals surface area (Å²) in [6.07, 6.45) is 0.255. The molecule has 0 saturated carbocycles. The number of phenols is 1. The Hall–Kier alpha value is -1.07. The minimum absolute atomic E-state index is 0.174. The van der Waals surface area contributed by atoms with E-state index in [1.54, 1.807) is 26.0 Å². The number of ether oxygens (including phenoxy) is 1. The summed E-state index contributed by atoms with van der Waals surface area (Å²) in [5.41, 5.74) is 7.08. The minimum Gasteiger partial charge on any atom is -0.507 e. The number of phenolic OH excluding ortho intramolecular Hbond substituents is 1. The van der Waals surface area contributed by atoms with Gasteiger partial charge in [0.2, 0.25) is 0 Å². The van der Waals surface area contributed by atoms with Gasteiger partial charge in [-0.3, -0.25) is 4.79 Å². The Balaban J connectivity index is 2.84. The zero-order valence-corrected chi connectivity index (χ0v) is 11.5. The van der Waals surface area contributed by atoms with Gasteiger partial charge in [-0.05, 0) is 37.1 Å². The number of hydrogen-bond acceptors (Lipinski definition) is 4. The van der Waals surface area contributed by atoms with E-state index in [0.29, 0.717) is 12.2 Å². The maximum Gasteiger partial charge on any atom is 0.323 e. The summed E-state index contributed by atoms with van der Waals surface area (Å²) < 4.78 is 5.67. The fraction of sp³-hybridized carbons (Fsp3) is 0.417. The van der Waals surface area contributed by atoms with Crippen LogP contribution in [0, 0.1) is 6.92 Å². The average molecular weight is 302 g/mol. The quantitative estimate of drug-likeness (QED) is 0.833. The standard InChI is InChI=1S/C12H16BrNO3/c1-3-17-12(16)10(14)6-8-5-9(13)4-7(2)11(8)15/h4-5,10,15H,3,6,14H2,1-2H3. The first-order chi connectivity index (χ1) is 7.95. The molecule has 0 radical (unpaired) electrons. The van der Waals surface area contributed by atoms with Crippen LogP contribution in [-0.4, -0.2) is 23.7 Å². The minimum atomic E-state index is -0.755. The molecule has 0 fully saturated rings. The van der Waals surface area contributed by atoms with Crippen LogP contribution in [0.25, 0.3) is 0 Å². The van der Waals surface area contributed by atoms with Crippen LogP contribution < -0.4 is 5.73 Å². The van der Waals surface area contributed by atoms with E-state index in [9.17, 15) is 9.90 Å². The lowest BCUT2D eigenvalue weighted by Crippen LogP contribution is -2.34. The highest BCUT2D eigenvalue weighted by atomic mass is 79.9. The molecule has 0 aromatic heterocycles. The fourth-order valence-corrected chi connectivity index (χ4v) is 2.15. The summed E-state index contributed by atoms with van der Waals surface area (Å²) in [5, 5.41) is 9.85. The largest absolute Gasteiger partial charge is 0.507 e.